The first kappa shape index (κ1) is 11.1. The van der Waals surface area contributed by atoms with Crippen molar-refractivity contribution in [3.63, 3.8) is 0 Å². The molecule has 16 heavy (non-hydrogen) atoms. The lowest BCUT2D eigenvalue weighted by Crippen LogP contribution is -2.14. The van der Waals surface area contributed by atoms with Crippen LogP contribution in [0.3, 0.4) is 0 Å². The normalized spacial score (nSPS) is 16.6. The Bertz CT molecular complexity index is 538. The van der Waals surface area contributed by atoms with Crippen LogP contribution in [0.2, 0.25) is 5.02 Å². The van der Waals surface area contributed by atoms with Crippen LogP contribution in [0.5, 0.6) is 0 Å². The first-order valence-corrected chi connectivity index (χ1v) is 5.48. The van der Waals surface area contributed by atoms with E-state index in [4.69, 9.17) is 24.8 Å². The Morgan fingerprint density at radius 2 is 2.38 bits per heavy atom. The number of thioether (sulfide) groups is 1. The van der Waals surface area contributed by atoms with Crippen LogP contribution in [0.15, 0.2) is 33.7 Å². The van der Waals surface area contributed by atoms with Crippen LogP contribution >= 0.6 is 23.4 Å². The summed E-state index contributed by atoms with van der Waals surface area (Å²) in [4.78, 5) is 12.8. The predicted octanol–water partition coefficient (Wildman–Crippen LogP) is 2.27. The van der Waals surface area contributed by atoms with Gasteiger partial charge in [0.2, 0.25) is 7.98 Å². The first-order valence-electron chi connectivity index (χ1n) is 4.29. The molecule has 1 aromatic carbocycles. The van der Waals surface area contributed by atoms with E-state index in [9.17, 15) is 4.79 Å². The van der Waals surface area contributed by atoms with Crippen molar-refractivity contribution in [1.82, 2.24) is 0 Å². The van der Waals surface area contributed by atoms with E-state index < -0.39 is 0 Å². The van der Waals surface area contributed by atoms with Crippen LogP contribution in [0.1, 0.15) is 0 Å². The van der Waals surface area contributed by atoms with Gasteiger partial charge in [0.05, 0.1) is 5.03 Å². The molecule has 0 spiro atoms. The zero-order valence-electron chi connectivity index (χ0n) is 7.98. The standard InChI is InChI=1S/C10H4BClN2OS/c11-14-8-2-1-7(12)3-9(8)16-10(14)6(4-13)5-15/h1-3,5H/b10-6-. The fourth-order valence-electron chi connectivity index (χ4n) is 1.34. The number of anilines is 1. The minimum absolute atomic E-state index is 0.0137. The van der Waals surface area contributed by atoms with Crippen LogP contribution in [0.4, 0.5) is 5.69 Å². The molecule has 0 N–H and O–H groups in total. The number of aldehydes is 1. The van der Waals surface area contributed by atoms with Gasteiger partial charge < -0.3 is 4.81 Å². The molecule has 1 aromatic rings. The second-order valence-corrected chi connectivity index (χ2v) is 4.50. The second-order valence-electron chi connectivity index (χ2n) is 3.03. The van der Waals surface area contributed by atoms with E-state index in [1.807, 2.05) is 6.07 Å². The summed E-state index contributed by atoms with van der Waals surface area (Å²) in [6.45, 7) is 0. The van der Waals surface area contributed by atoms with E-state index in [0.717, 1.165) is 10.6 Å². The van der Waals surface area contributed by atoms with E-state index in [1.165, 1.54) is 16.6 Å². The fraction of sp³-hybridized carbons (Fsp3) is 0. The summed E-state index contributed by atoms with van der Waals surface area (Å²) in [6.07, 6.45) is 0.496. The maximum absolute atomic E-state index is 10.7. The summed E-state index contributed by atoms with van der Waals surface area (Å²) >= 11 is 7.10. The molecule has 0 saturated heterocycles. The average molecular weight is 246 g/mol. The zero-order chi connectivity index (χ0) is 11.7. The highest BCUT2D eigenvalue weighted by Crippen LogP contribution is 2.46. The molecule has 0 aromatic heterocycles. The van der Waals surface area contributed by atoms with Crippen molar-refractivity contribution in [1.29, 1.82) is 5.26 Å². The van der Waals surface area contributed by atoms with Gasteiger partial charge in [-0.1, -0.05) is 23.4 Å². The third-order valence-corrected chi connectivity index (χ3v) is 3.47. The van der Waals surface area contributed by atoms with Gasteiger partial charge in [0, 0.05) is 15.6 Å². The molecule has 0 atom stereocenters. The highest BCUT2D eigenvalue weighted by molar-refractivity contribution is 8.03. The number of hydrogen-bond acceptors (Lipinski definition) is 4. The van der Waals surface area contributed by atoms with Crippen LogP contribution < -0.4 is 4.81 Å². The second kappa shape index (κ2) is 4.24. The molecule has 0 unspecified atom stereocenters. The molecule has 0 aliphatic carbocycles. The minimum atomic E-state index is 0.0137. The molecule has 2 radical (unpaired) electrons. The Kier molecular flexibility index (Phi) is 2.95. The predicted molar refractivity (Wildman–Crippen MR) is 64.2 cm³/mol. The van der Waals surface area contributed by atoms with Crippen molar-refractivity contribution in [2.24, 2.45) is 0 Å². The number of carbonyl (C=O) groups is 1. The monoisotopic (exact) mass is 246 g/mol. The Hall–Kier alpha value is -1.38. The number of benzene rings is 1. The smallest absolute Gasteiger partial charge is 0.235 e. The Labute approximate surface area is 103 Å². The summed E-state index contributed by atoms with van der Waals surface area (Å²) in [5, 5.41) is 9.79. The van der Waals surface area contributed by atoms with Crippen molar-refractivity contribution in [3.05, 3.63) is 33.8 Å². The number of halogens is 1. The lowest BCUT2D eigenvalue weighted by molar-refractivity contribution is -0.104. The lowest BCUT2D eigenvalue weighted by atomic mass is 10.2. The maximum Gasteiger partial charge on any atom is 0.235 e. The molecule has 3 nitrogen and oxygen atoms in total. The van der Waals surface area contributed by atoms with E-state index in [2.05, 4.69) is 0 Å². The fourth-order valence-corrected chi connectivity index (χ4v) is 2.64. The SMILES string of the molecule is [B]N1/C(=C(\C#N)C=O)Sc2cc(Cl)ccc21. The largest absolute Gasteiger partial charge is 0.390 e. The van der Waals surface area contributed by atoms with Crippen LogP contribution in [-0.2, 0) is 4.79 Å². The van der Waals surface area contributed by atoms with E-state index in [0.29, 0.717) is 16.3 Å². The molecule has 0 bridgehead atoms. The van der Waals surface area contributed by atoms with Crippen LogP contribution in [-0.4, -0.2) is 14.3 Å². The summed E-state index contributed by atoms with van der Waals surface area (Å²) < 4.78 is 0. The molecule has 1 aliphatic rings. The van der Waals surface area contributed by atoms with Crippen molar-refractivity contribution >= 4 is 43.3 Å². The van der Waals surface area contributed by atoms with Crippen molar-refractivity contribution in [2.75, 3.05) is 4.81 Å². The molecule has 2 rings (SSSR count). The minimum Gasteiger partial charge on any atom is -0.390 e. The van der Waals surface area contributed by atoms with E-state index in [1.54, 1.807) is 18.2 Å². The maximum atomic E-state index is 10.7. The molecule has 0 amide bonds. The quantitative estimate of drug-likeness (QED) is 0.330. The van der Waals surface area contributed by atoms with Crippen LogP contribution in [0, 0.1) is 11.3 Å². The van der Waals surface area contributed by atoms with Crippen molar-refractivity contribution < 1.29 is 4.79 Å². The number of fused-ring (bicyclic) bond motifs is 1. The molecular formula is C10H4BClN2OS. The first-order chi connectivity index (χ1) is 7.67. The van der Waals surface area contributed by atoms with Gasteiger partial charge in [0.15, 0.2) is 6.29 Å². The molecule has 6 heteroatoms. The number of allylic oxidation sites excluding steroid dienone is 1. The van der Waals surface area contributed by atoms with Gasteiger partial charge in [-0.05, 0) is 18.2 Å². The van der Waals surface area contributed by atoms with E-state index in [-0.39, 0.29) is 5.57 Å². The third-order valence-electron chi connectivity index (χ3n) is 2.08. The Morgan fingerprint density at radius 3 is 3.00 bits per heavy atom. The lowest BCUT2D eigenvalue weighted by Gasteiger charge is -2.14. The number of carbonyl (C=O) groups excluding carboxylic acids is 1. The van der Waals surface area contributed by atoms with Crippen molar-refractivity contribution in [3.8, 4) is 6.07 Å². The molecule has 0 fully saturated rings. The van der Waals surface area contributed by atoms with Gasteiger partial charge >= 0.3 is 0 Å². The highest BCUT2D eigenvalue weighted by atomic mass is 35.5. The molecule has 1 aliphatic heterocycles. The third kappa shape index (κ3) is 1.71. The Morgan fingerprint density at radius 1 is 1.62 bits per heavy atom. The van der Waals surface area contributed by atoms with Crippen molar-refractivity contribution in [2.45, 2.75) is 4.90 Å². The number of nitrogens with zero attached hydrogens (tertiary/aromatic N) is 2. The van der Waals surface area contributed by atoms with Gasteiger partial charge in [-0.2, -0.15) is 5.26 Å². The topological polar surface area (TPSA) is 44.1 Å². The number of nitriles is 1. The zero-order valence-corrected chi connectivity index (χ0v) is 9.55. The van der Waals surface area contributed by atoms with Gasteiger partial charge in [0.25, 0.3) is 0 Å². The summed E-state index contributed by atoms with van der Waals surface area (Å²) in [5.74, 6) is 0. The molecule has 0 saturated carbocycles. The summed E-state index contributed by atoms with van der Waals surface area (Å²) in [6, 6.07) is 7.01. The Balaban J connectivity index is 2.53. The van der Waals surface area contributed by atoms with Gasteiger partial charge in [-0.3, -0.25) is 4.79 Å². The van der Waals surface area contributed by atoms with Crippen LogP contribution in [0.25, 0.3) is 0 Å². The molecule has 1 heterocycles. The van der Waals surface area contributed by atoms with Gasteiger partial charge in [-0.25, -0.2) is 0 Å². The summed E-state index contributed by atoms with van der Waals surface area (Å²) in [5.41, 5.74) is 0.749. The van der Waals surface area contributed by atoms with Gasteiger partial charge in [-0.15, -0.1) is 0 Å². The highest BCUT2D eigenvalue weighted by Gasteiger charge is 2.24. The molecular weight excluding hydrogens is 242 g/mol. The number of hydrogen-bond donors (Lipinski definition) is 0. The molecule has 76 valence electrons. The van der Waals surface area contributed by atoms with E-state index >= 15 is 0 Å². The average Bonchev–Trinajstić information content (AvgIpc) is 2.58. The number of rotatable bonds is 1. The van der Waals surface area contributed by atoms with Gasteiger partial charge in [0.1, 0.15) is 11.6 Å². The summed E-state index contributed by atoms with van der Waals surface area (Å²) in [7, 11) is 5.79.